The number of ether oxygens (including phenoxy) is 1. The van der Waals surface area contributed by atoms with E-state index in [0.29, 0.717) is 11.6 Å². The molecule has 0 atom stereocenters. The quantitative estimate of drug-likeness (QED) is 0.460. The van der Waals surface area contributed by atoms with Crippen LogP contribution in [0.3, 0.4) is 0 Å². The molecule has 0 saturated carbocycles. The summed E-state index contributed by atoms with van der Waals surface area (Å²) in [6.07, 6.45) is 4.49. The fraction of sp³-hybridized carbons (Fsp3) is 0.133. The van der Waals surface area contributed by atoms with Gasteiger partial charge in [-0.15, -0.1) is 0 Å². The number of carbonyl (C=O) groups is 1. The van der Waals surface area contributed by atoms with Crippen LogP contribution in [0, 0.1) is 0 Å². The van der Waals surface area contributed by atoms with Crippen LogP contribution in [0.4, 0.5) is 11.6 Å². The Morgan fingerprint density at radius 2 is 1.78 bits per heavy atom. The maximum atomic E-state index is 11.9. The van der Waals surface area contributed by atoms with E-state index in [0.717, 1.165) is 0 Å². The molecule has 0 aliphatic heterocycles. The number of esters is 1. The van der Waals surface area contributed by atoms with Gasteiger partial charge in [0.1, 0.15) is 11.6 Å². The number of carbonyl (C=O) groups excluding carboxylic acids is 1. The van der Waals surface area contributed by atoms with Gasteiger partial charge in [0.05, 0.1) is 12.8 Å². The molecule has 2 rings (SSSR count). The lowest BCUT2D eigenvalue weighted by atomic mass is 10.4. The van der Waals surface area contributed by atoms with Crippen molar-refractivity contribution in [2.24, 2.45) is 10.2 Å². The van der Waals surface area contributed by atoms with Gasteiger partial charge in [-0.1, -0.05) is 12.1 Å². The monoisotopic (exact) mass is 312 g/mol. The maximum absolute atomic E-state index is 11.9. The SMILES string of the molecule is CCOC(=O)C(/C=N/Nc1ccccn1)=N\Nc1ccccn1. The highest BCUT2D eigenvalue weighted by molar-refractivity contribution is 6.59. The Morgan fingerprint density at radius 3 is 2.35 bits per heavy atom. The number of anilines is 2. The first-order chi connectivity index (χ1) is 11.3. The van der Waals surface area contributed by atoms with Crippen LogP contribution in [0.5, 0.6) is 0 Å². The van der Waals surface area contributed by atoms with Crippen molar-refractivity contribution in [1.29, 1.82) is 0 Å². The number of hydrogen-bond acceptors (Lipinski definition) is 8. The smallest absolute Gasteiger partial charge is 0.360 e. The summed E-state index contributed by atoms with van der Waals surface area (Å²) in [7, 11) is 0. The molecule has 2 N–H and O–H groups in total. The molecule has 0 spiro atoms. The van der Waals surface area contributed by atoms with Gasteiger partial charge in [-0.05, 0) is 31.2 Å². The van der Waals surface area contributed by atoms with Gasteiger partial charge in [0.15, 0.2) is 5.71 Å². The highest BCUT2D eigenvalue weighted by Crippen LogP contribution is 2.00. The molecule has 8 nitrogen and oxygen atoms in total. The van der Waals surface area contributed by atoms with Crippen LogP contribution in [0.2, 0.25) is 0 Å². The number of rotatable bonds is 7. The molecular weight excluding hydrogens is 296 g/mol. The normalized spacial score (nSPS) is 11.3. The number of pyridine rings is 2. The standard InChI is InChI=1S/C15H16N6O2/c1-2-23-15(22)12(19-21-14-8-4-6-10-17-14)11-18-20-13-7-3-5-9-16-13/h3-11H,2H2,1H3,(H,16,20)(H,17,21)/b18-11+,19-12-. The number of hydrazone groups is 2. The van der Waals surface area contributed by atoms with E-state index < -0.39 is 5.97 Å². The number of hydrogen-bond donors (Lipinski definition) is 2. The minimum atomic E-state index is -0.595. The molecule has 2 aromatic heterocycles. The van der Waals surface area contributed by atoms with E-state index in [-0.39, 0.29) is 12.3 Å². The molecule has 0 unspecified atom stereocenters. The molecule has 2 heterocycles. The molecule has 8 heteroatoms. The molecule has 0 amide bonds. The van der Waals surface area contributed by atoms with Gasteiger partial charge < -0.3 is 4.74 Å². The molecule has 0 fully saturated rings. The first-order valence-corrected chi connectivity index (χ1v) is 6.91. The molecule has 0 radical (unpaired) electrons. The van der Waals surface area contributed by atoms with Gasteiger partial charge in [0, 0.05) is 12.4 Å². The number of aromatic nitrogens is 2. The summed E-state index contributed by atoms with van der Waals surface area (Å²) in [6, 6.07) is 10.6. The van der Waals surface area contributed by atoms with Crippen molar-refractivity contribution in [2.45, 2.75) is 6.92 Å². The van der Waals surface area contributed by atoms with Crippen molar-refractivity contribution in [1.82, 2.24) is 9.97 Å². The zero-order chi connectivity index (χ0) is 16.3. The van der Waals surface area contributed by atoms with E-state index in [1.807, 2.05) is 6.07 Å². The van der Waals surface area contributed by atoms with Gasteiger partial charge in [0.2, 0.25) is 0 Å². The fourth-order valence-electron chi connectivity index (χ4n) is 1.47. The lowest BCUT2D eigenvalue weighted by molar-refractivity contribution is -0.134. The first kappa shape index (κ1) is 16.1. The van der Waals surface area contributed by atoms with E-state index in [2.05, 4.69) is 31.0 Å². The van der Waals surface area contributed by atoms with Crippen molar-refractivity contribution < 1.29 is 9.53 Å². The van der Waals surface area contributed by atoms with Crippen LogP contribution in [-0.4, -0.2) is 34.5 Å². The van der Waals surface area contributed by atoms with Gasteiger partial charge in [0.25, 0.3) is 0 Å². The lowest BCUT2D eigenvalue weighted by Crippen LogP contribution is -2.21. The van der Waals surface area contributed by atoms with Crippen LogP contribution in [0.25, 0.3) is 0 Å². The minimum absolute atomic E-state index is 0.000865. The van der Waals surface area contributed by atoms with Crippen LogP contribution in [0.15, 0.2) is 59.0 Å². The summed E-state index contributed by atoms with van der Waals surface area (Å²) in [5.74, 6) is 0.451. The number of nitrogens with one attached hydrogen (secondary N) is 2. The van der Waals surface area contributed by atoms with Gasteiger partial charge in [-0.3, -0.25) is 10.9 Å². The molecule has 0 aliphatic carbocycles. The van der Waals surface area contributed by atoms with Gasteiger partial charge >= 0.3 is 5.97 Å². The summed E-state index contributed by atoms with van der Waals surface area (Å²) < 4.78 is 4.93. The van der Waals surface area contributed by atoms with E-state index in [1.54, 1.807) is 49.6 Å². The Kier molecular flexibility index (Phi) is 6.21. The fourth-order valence-corrected chi connectivity index (χ4v) is 1.47. The van der Waals surface area contributed by atoms with E-state index in [4.69, 9.17) is 4.74 Å². The van der Waals surface area contributed by atoms with Crippen LogP contribution in [0.1, 0.15) is 6.92 Å². The Balaban J connectivity index is 2.06. The summed E-state index contributed by atoms with van der Waals surface area (Å²) in [5, 5.41) is 7.89. The zero-order valence-electron chi connectivity index (χ0n) is 12.5. The van der Waals surface area contributed by atoms with E-state index >= 15 is 0 Å². The third-order valence-corrected chi connectivity index (χ3v) is 2.47. The first-order valence-electron chi connectivity index (χ1n) is 6.91. The largest absolute Gasteiger partial charge is 0.461 e. The highest BCUT2D eigenvalue weighted by Gasteiger charge is 2.10. The molecule has 2 aromatic rings. The van der Waals surface area contributed by atoms with Gasteiger partial charge in [-0.25, -0.2) is 14.8 Å². The summed E-state index contributed by atoms with van der Waals surface area (Å²) >= 11 is 0. The average molecular weight is 312 g/mol. The average Bonchev–Trinajstić information content (AvgIpc) is 2.60. The van der Waals surface area contributed by atoms with Crippen molar-refractivity contribution >= 4 is 29.5 Å². The second-order valence-corrected chi connectivity index (χ2v) is 4.13. The van der Waals surface area contributed by atoms with Crippen LogP contribution < -0.4 is 10.9 Å². The minimum Gasteiger partial charge on any atom is -0.461 e. The van der Waals surface area contributed by atoms with E-state index in [9.17, 15) is 4.79 Å². The molecule has 0 saturated heterocycles. The lowest BCUT2D eigenvalue weighted by Gasteiger charge is -2.03. The molecule has 0 aromatic carbocycles. The second-order valence-electron chi connectivity index (χ2n) is 4.13. The molecule has 118 valence electrons. The predicted octanol–water partition coefficient (Wildman–Crippen LogP) is 1.91. The Bertz CT molecular complexity index is 673. The summed E-state index contributed by atoms with van der Waals surface area (Å²) in [4.78, 5) is 19.9. The van der Waals surface area contributed by atoms with Crippen molar-refractivity contribution in [3.05, 3.63) is 48.8 Å². The van der Waals surface area contributed by atoms with E-state index in [1.165, 1.54) is 6.21 Å². The van der Waals surface area contributed by atoms with Crippen LogP contribution >= 0.6 is 0 Å². The van der Waals surface area contributed by atoms with Gasteiger partial charge in [-0.2, -0.15) is 10.2 Å². The Labute approximate surface area is 133 Å². The zero-order valence-corrected chi connectivity index (χ0v) is 12.5. The predicted molar refractivity (Wildman–Crippen MR) is 88.3 cm³/mol. The highest BCUT2D eigenvalue weighted by atomic mass is 16.5. The maximum Gasteiger partial charge on any atom is 0.360 e. The summed E-state index contributed by atoms with van der Waals surface area (Å²) in [6.45, 7) is 1.95. The Morgan fingerprint density at radius 1 is 1.13 bits per heavy atom. The molecular formula is C15H16N6O2. The van der Waals surface area contributed by atoms with Crippen LogP contribution in [-0.2, 0) is 9.53 Å². The third kappa shape index (κ3) is 5.54. The molecule has 0 bridgehead atoms. The topological polar surface area (TPSA) is 101 Å². The third-order valence-electron chi connectivity index (χ3n) is 2.47. The van der Waals surface area contributed by atoms with Crippen molar-refractivity contribution in [3.8, 4) is 0 Å². The van der Waals surface area contributed by atoms with Crippen molar-refractivity contribution in [2.75, 3.05) is 17.5 Å². The summed E-state index contributed by atoms with van der Waals surface area (Å²) in [5.41, 5.74) is 5.37. The Hall–Kier alpha value is -3.29. The number of nitrogens with zero attached hydrogens (tertiary/aromatic N) is 4. The second kappa shape index (κ2) is 8.88. The molecule has 23 heavy (non-hydrogen) atoms. The molecule has 0 aliphatic rings. The van der Waals surface area contributed by atoms with Crippen molar-refractivity contribution in [3.63, 3.8) is 0 Å².